The summed E-state index contributed by atoms with van der Waals surface area (Å²) >= 11 is 0. The second-order valence-corrected chi connectivity index (χ2v) is 25.1. The molecular weight excluding hydrogens is 922 g/mol. The molecule has 378 valence electrons. The van der Waals surface area contributed by atoms with Crippen molar-refractivity contribution in [3.8, 4) is 5.69 Å². The number of anilines is 6. The average Bonchev–Trinajstić information content (AvgIpc) is 4.04. The van der Waals surface area contributed by atoms with Gasteiger partial charge in [0.05, 0.1) is 22.4 Å². The number of hydrogen-bond acceptors (Lipinski definition) is 3. The van der Waals surface area contributed by atoms with Gasteiger partial charge < -0.3 is 18.8 Å². The van der Waals surface area contributed by atoms with Crippen molar-refractivity contribution >= 4 is 102 Å². The second-order valence-electron chi connectivity index (χ2n) is 25.1. The highest BCUT2D eigenvalue weighted by Gasteiger charge is 2.45. The molecule has 12 rings (SSSR count). The minimum absolute atomic E-state index is 0.00555. The molecule has 0 atom stereocenters. The Labute approximate surface area is 450 Å². The summed E-state index contributed by atoms with van der Waals surface area (Å²) in [5.41, 5.74) is 28.2. The maximum atomic E-state index is 6.57. The van der Waals surface area contributed by atoms with Crippen molar-refractivity contribution in [2.24, 2.45) is 0 Å². The predicted molar refractivity (Wildman–Crippen MR) is 328 cm³/mol. The lowest BCUT2D eigenvalue weighted by molar-refractivity contribution is 0.573. The molecule has 0 saturated heterocycles. The summed E-state index contributed by atoms with van der Waals surface area (Å²) in [7, 11) is 0. The highest BCUT2D eigenvalue weighted by atomic mass is 16.3. The number of allylic oxidation sites excluding steroid dienone is 1. The molecule has 0 aliphatic carbocycles. The highest BCUT2D eigenvalue weighted by molar-refractivity contribution is 7.00. The first-order chi connectivity index (χ1) is 36.0. The third-order valence-corrected chi connectivity index (χ3v) is 16.6. The zero-order valence-electron chi connectivity index (χ0n) is 47.1. The van der Waals surface area contributed by atoms with Gasteiger partial charge in [-0.05, 0) is 178 Å². The molecule has 4 nitrogen and oxygen atoms in total. The fourth-order valence-corrected chi connectivity index (χ4v) is 12.8. The van der Waals surface area contributed by atoms with Gasteiger partial charge in [0.15, 0.2) is 0 Å². The topological polar surface area (TPSA) is 24.6 Å². The summed E-state index contributed by atoms with van der Waals surface area (Å²) in [4.78, 5) is 5.26. The summed E-state index contributed by atoms with van der Waals surface area (Å²) in [6, 6.07) is 53.2. The zero-order chi connectivity index (χ0) is 53.7. The molecule has 0 fully saturated rings. The minimum Gasteiger partial charge on any atom is -0.455 e. The van der Waals surface area contributed by atoms with E-state index in [-0.39, 0.29) is 23.0 Å². The van der Waals surface area contributed by atoms with E-state index in [0.29, 0.717) is 0 Å². The molecule has 2 aliphatic rings. The Morgan fingerprint density at radius 2 is 1.04 bits per heavy atom. The molecule has 0 amide bonds. The Morgan fingerprint density at radius 1 is 0.500 bits per heavy atom. The smallest absolute Gasteiger partial charge is 0.252 e. The van der Waals surface area contributed by atoms with Crippen molar-refractivity contribution in [2.45, 2.75) is 113 Å². The Bertz CT molecular complexity index is 4180. The Morgan fingerprint density at radius 3 is 1.63 bits per heavy atom. The molecular formula is C71H70BN3O. The number of hydrogen-bond donors (Lipinski definition) is 0. The third-order valence-electron chi connectivity index (χ3n) is 16.6. The number of para-hydroxylation sites is 2. The molecule has 0 radical (unpaired) electrons. The molecule has 2 aromatic heterocycles. The summed E-state index contributed by atoms with van der Waals surface area (Å²) in [5.74, 6) is 0. The summed E-state index contributed by atoms with van der Waals surface area (Å²) in [5, 5.41) is 4.39. The van der Waals surface area contributed by atoms with E-state index in [1.807, 2.05) is 24.3 Å². The Balaban J connectivity index is 1.21. The monoisotopic (exact) mass is 992 g/mol. The number of aromatic nitrogens is 1. The number of furan rings is 1. The highest BCUT2D eigenvalue weighted by Crippen LogP contribution is 2.50. The van der Waals surface area contributed by atoms with Crippen LogP contribution in [0.1, 0.15) is 112 Å². The number of nitrogens with zero attached hydrogens (tertiary/aromatic N) is 3. The maximum absolute atomic E-state index is 6.57. The van der Waals surface area contributed by atoms with E-state index in [0.717, 1.165) is 55.2 Å². The molecule has 0 saturated carbocycles. The lowest BCUT2D eigenvalue weighted by Crippen LogP contribution is -2.61. The summed E-state index contributed by atoms with van der Waals surface area (Å²) in [6.07, 6.45) is 1.93. The van der Waals surface area contributed by atoms with Gasteiger partial charge in [-0.15, -0.1) is 0 Å². The fourth-order valence-electron chi connectivity index (χ4n) is 12.8. The number of fused-ring (bicyclic) bond motifs is 8. The van der Waals surface area contributed by atoms with Crippen LogP contribution < -0.4 is 36.8 Å². The van der Waals surface area contributed by atoms with Crippen molar-refractivity contribution in [1.29, 1.82) is 0 Å². The second kappa shape index (κ2) is 17.1. The largest absolute Gasteiger partial charge is 0.455 e. The fraction of sp³-hybridized carbons (Fsp3) is 0.239. The van der Waals surface area contributed by atoms with E-state index >= 15 is 0 Å². The lowest BCUT2D eigenvalue weighted by atomic mass is 9.33. The van der Waals surface area contributed by atoms with Crippen molar-refractivity contribution in [1.82, 2.24) is 4.57 Å². The van der Waals surface area contributed by atoms with Gasteiger partial charge in [0, 0.05) is 55.4 Å². The molecule has 2 aliphatic heterocycles. The van der Waals surface area contributed by atoms with Crippen LogP contribution >= 0.6 is 0 Å². The van der Waals surface area contributed by atoms with Crippen LogP contribution in [0.2, 0.25) is 0 Å². The SMILES string of the molecule is C=C/C(c1cc(C)c(N2c3cc4c(cc3B3c5ccc(C(C)(C)C)cc5N(c5c(C)cc(C(C)(C)C)cc5C)c5cc(C)cc2c53)c2ccc(C(C)(C)C)cc2n4-c2ccccc2)c(C)c1)=c1/oc2ccccc2c1=C. The molecule has 76 heavy (non-hydrogen) atoms. The van der Waals surface area contributed by atoms with E-state index in [1.165, 1.54) is 100 Å². The quantitative estimate of drug-likeness (QED) is 0.161. The van der Waals surface area contributed by atoms with Crippen LogP contribution in [0.15, 0.2) is 157 Å². The van der Waals surface area contributed by atoms with E-state index in [1.54, 1.807) is 0 Å². The van der Waals surface area contributed by atoms with E-state index in [2.05, 4.69) is 246 Å². The molecule has 0 unspecified atom stereocenters. The molecule has 0 spiro atoms. The summed E-state index contributed by atoms with van der Waals surface area (Å²) in [6.45, 7) is 41.2. The van der Waals surface area contributed by atoms with Crippen LogP contribution in [0, 0.1) is 34.6 Å². The van der Waals surface area contributed by atoms with Crippen LogP contribution in [-0.4, -0.2) is 11.3 Å². The van der Waals surface area contributed by atoms with Gasteiger partial charge in [0.2, 0.25) is 0 Å². The van der Waals surface area contributed by atoms with Gasteiger partial charge in [-0.2, -0.15) is 0 Å². The van der Waals surface area contributed by atoms with E-state index < -0.39 is 0 Å². The molecule has 10 aromatic rings. The van der Waals surface area contributed by atoms with Gasteiger partial charge in [-0.1, -0.05) is 160 Å². The van der Waals surface area contributed by atoms with Crippen molar-refractivity contribution in [2.75, 3.05) is 9.80 Å². The Hall–Kier alpha value is -7.76. The third kappa shape index (κ3) is 7.55. The molecule has 0 bridgehead atoms. The maximum Gasteiger partial charge on any atom is 0.252 e. The molecule has 4 heterocycles. The number of benzene rings is 8. The molecule has 5 heteroatoms. The van der Waals surface area contributed by atoms with Crippen molar-refractivity contribution in [3.05, 3.63) is 213 Å². The molecule has 0 N–H and O–H groups in total. The van der Waals surface area contributed by atoms with Crippen molar-refractivity contribution in [3.63, 3.8) is 0 Å². The van der Waals surface area contributed by atoms with E-state index in [4.69, 9.17) is 4.42 Å². The molecule has 8 aromatic carbocycles. The van der Waals surface area contributed by atoms with Gasteiger partial charge in [-0.25, -0.2) is 0 Å². The van der Waals surface area contributed by atoms with Crippen LogP contribution in [-0.2, 0) is 16.2 Å². The van der Waals surface area contributed by atoms with Gasteiger partial charge in [-0.3, -0.25) is 0 Å². The standard InChI is InChI=1S/C71H70BN3O/c1-17-52(68-46(7)53-25-21-22-26-64(53)76-68)47-33-42(3)66(43(4)34-47)75-61-40-59-55(54-29-27-48(69(8,9)10)37-58(54)73(59)51-23-19-18-20-24-51)39-57(61)72-56-30-28-49(70(11,12)13)38-60(56)74(62-31-41(2)32-63(75)65(62)72)67-44(5)35-50(36-45(67)6)71(14,15)16/h17-40H,1,7H2,2-6,8-16H3/b68-52-. The predicted octanol–water partition coefficient (Wildman–Crippen LogP) is 15.8. The first-order valence-electron chi connectivity index (χ1n) is 27.2. The van der Waals surface area contributed by atoms with Crippen LogP contribution in [0.25, 0.3) is 50.6 Å². The van der Waals surface area contributed by atoms with Gasteiger partial charge in [0.1, 0.15) is 11.0 Å². The summed E-state index contributed by atoms with van der Waals surface area (Å²) < 4.78 is 9.08. The first-order valence-corrected chi connectivity index (χ1v) is 27.2. The number of rotatable bonds is 5. The minimum atomic E-state index is -0.0682. The van der Waals surface area contributed by atoms with Gasteiger partial charge in [0.25, 0.3) is 6.71 Å². The zero-order valence-corrected chi connectivity index (χ0v) is 47.1. The van der Waals surface area contributed by atoms with Crippen LogP contribution in [0.3, 0.4) is 0 Å². The average molecular weight is 992 g/mol. The normalized spacial score (nSPS) is 13.9. The van der Waals surface area contributed by atoms with Crippen molar-refractivity contribution < 1.29 is 4.42 Å². The van der Waals surface area contributed by atoms with Crippen LogP contribution in [0.4, 0.5) is 34.1 Å². The Kier molecular flexibility index (Phi) is 11.1. The van der Waals surface area contributed by atoms with Gasteiger partial charge >= 0.3 is 0 Å². The van der Waals surface area contributed by atoms with Crippen LogP contribution in [0.5, 0.6) is 0 Å². The lowest BCUT2D eigenvalue weighted by Gasteiger charge is -2.46. The van der Waals surface area contributed by atoms with E-state index in [9.17, 15) is 0 Å². The first kappa shape index (κ1) is 49.1. The number of aryl methyl sites for hydroxylation is 5.